The molecule has 0 bridgehead atoms. The van der Waals surface area contributed by atoms with Crippen LogP contribution in [0.5, 0.6) is 0 Å². The van der Waals surface area contributed by atoms with Crippen molar-refractivity contribution in [1.29, 1.82) is 0 Å². The molecule has 1 N–H and O–H groups in total. The first-order chi connectivity index (χ1) is 8.58. The van der Waals surface area contributed by atoms with E-state index in [4.69, 9.17) is 0 Å². The van der Waals surface area contributed by atoms with Gasteiger partial charge in [0, 0.05) is 32.3 Å². The second kappa shape index (κ2) is 5.12. The highest BCUT2D eigenvalue weighted by Gasteiger charge is 2.25. The number of carbonyl (C=O) groups is 2. The highest BCUT2D eigenvalue weighted by Crippen LogP contribution is 2.11. The SMILES string of the molecule is CN1CC(NC(=O)c2ncccc2F)CCC1=O. The number of likely N-dealkylation sites (tertiary alicyclic amines) is 1. The lowest BCUT2D eigenvalue weighted by Gasteiger charge is -2.30. The van der Waals surface area contributed by atoms with E-state index >= 15 is 0 Å². The second-order valence-corrected chi connectivity index (χ2v) is 4.32. The number of hydrogen-bond donors (Lipinski definition) is 1. The van der Waals surface area contributed by atoms with Crippen LogP contribution in [0.2, 0.25) is 0 Å². The normalized spacial score (nSPS) is 19.8. The van der Waals surface area contributed by atoms with Crippen molar-refractivity contribution in [2.75, 3.05) is 13.6 Å². The molecule has 1 aliphatic heterocycles. The van der Waals surface area contributed by atoms with Crippen LogP contribution >= 0.6 is 0 Å². The Bertz CT molecular complexity index is 478. The van der Waals surface area contributed by atoms with Crippen molar-refractivity contribution < 1.29 is 14.0 Å². The fraction of sp³-hybridized carbons (Fsp3) is 0.417. The van der Waals surface area contributed by atoms with Crippen molar-refractivity contribution in [3.8, 4) is 0 Å². The lowest BCUT2D eigenvalue weighted by atomic mass is 10.1. The van der Waals surface area contributed by atoms with Gasteiger partial charge < -0.3 is 10.2 Å². The number of nitrogens with one attached hydrogen (secondary N) is 1. The second-order valence-electron chi connectivity index (χ2n) is 4.32. The van der Waals surface area contributed by atoms with Crippen LogP contribution in [0.3, 0.4) is 0 Å². The molecular weight excluding hydrogens is 237 g/mol. The minimum atomic E-state index is -0.643. The van der Waals surface area contributed by atoms with E-state index in [0.29, 0.717) is 19.4 Å². The number of likely N-dealkylation sites (N-methyl/N-ethyl adjacent to an activating group) is 1. The lowest BCUT2D eigenvalue weighted by Crippen LogP contribution is -2.48. The molecule has 0 spiro atoms. The summed E-state index contributed by atoms with van der Waals surface area (Å²) in [6, 6.07) is 2.47. The van der Waals surface area contributed by atoms with Gasteiger partial charge in [-0.2, -0.15) is 0 Å². The van der Waals surface area contributed by atoms with Crippen LogP contribution < -0.4 is 5.32 Å². The smallest absolute Gasteiger partial charge is 0.273 e. The number of piperidine rings is 1. The van der Waals surface area contributed by atoms with Gasteiger partial charge in [0.1, 0.15) is 0 Å². The fourth-order valence-electron chi connectivity index (χ4n) is 1.94. The number of pyridine rings is 1. The molecule has 2 heterocycles. The molecule has 2 amide bonds. The zero-order chi connectivity index (χ0) is 13.1. The molecule has 2 rings (SSSR count). The van der Waals surface area contributed by atoms with Crippen LogP contribution in [0, 0.1) is 5.82 Å². The molecule has 1 unspecified atom stereocenters. The molecule has 1 aliphatic rings. The number of nitrogens with zero attached hydrogens (tertiary/aromatic N) is 2. The summed E-state index contributed by atoms with van der Waals surface area (Å²) in [5.74, 6) is -1.12. The zero-order valence-electron chi connectivity index (χ0n) is 10.0. The number of rotatable bonds is 2. The van der Waals surface area contributed by atoms with Gasteiger partial charge in [-0.1, -0.05) is 0 Å². The van der Waals surface area contributed by atoms with Gasteiger partial charge in [-0.15, -0.1) is 0 Å². The van der Waals surface area contributed by atoms with Gasteiger partial charge in [-0.25, -0.2) is 9.37 Å². The van der Waals surface area contributed by atoms with E-state index in [1.807, 2.05) is 0 Å². The van der Waals surface area contributed by atoms with Gasteiger partial charge in [-0.3, -0.25) is 9.59 Å². The summed E-state index contributed by atoms with van der Waals surface area (Å²) in [6.07, 6.45) is 2.34. The predicted molar refractivity (Wildman–Crippen MR) is 62.3 cm³/mol. The summed E-state index contributed by atoms with van der Waals surface area (Å²) < 4.78 is 13.3. The molecule has 1 saturated heterocycles. The maximum atomic E-state index is 13.3. The molecule has 18 heavy (non-hydrogen) atoms. The molecule has 96 valence electrons. The van der Waals surface area contributed by atoms with Crippen LogP contribution in [0.15, 0.2) is 18.3 Å². The molecule has 6 heteroatoms. The minimum absolute atomic E-state index is 0.0597. The van der Waals surface area contributed by atoms with Gasteiger partial charge in [0.15, 0.2) is 11.5 Å². The van der Waals surface area contributed by atoms with Crippen LogP contribution in [0.4, 0.5) is 4.39 Å². The highest BCUT2D eigenvalue weighted by atomic mass is 19.1. The number of carbonyl (C=O) groups excluding carboxylic acids is 2. The molecule has 1 fully saturated rings. The largest absolute Gasteiger partial charge is 0.346 e. The van der Waals surface area contributed by atoms with Crippen LogP contribution in [-0.4, -0.2) is 41.3 Å². The van der Waals surface area contributed by atoms with Crippen molar-refractivity contribution in [2.24, 2.45) is 0 Å². The first-order valence-corrected chi connectivity index (χ1v) is 5.73. The van der Waals surface area contributed by atoms with Gasteiger partial charge in [0.05, 0.1) is 0 Å². The molecule has 1 atom stereocenters. The van der Waals surface area contributed by atoms with E-state index in [1.165, 1.54) is 18.3 Å². The van der Waals surface area contributed by atoms with Crippen molar-refractivity contribution in [3.63, 3.8) is 0 Å². The Labute approximate surface area is 104 Å². The van der Waals surface area contributed by atoms with E-state index in [9.17, 15) is 14.0 Å². The Hall–Kier alpha value is -1.98. The maximum absolute atomic E-state index is 13.3. The van der Waals surface area contributed by atoms with Crippen molar-refractivity contribution >= 4 is 11.8 Å². The molecule has 0 aromatic carbocycles. The average Bonchev–Trinajstić information content (AvgIpc) is 2.34. The highest BCUT2D eigenvalue weighted by molar-refractivity contribution is 5.92. The van der Waals surface area contributed by atoms with Crippen molar-refractivity contribution in [2.45, 2.75) is 18.9 Å². The molecule has 1 aromatic rings. The van der Waals surface area contributed by atoms with Gasteiger partial charge >= 0.3 is 0 Å². The van der Waals surface area contributed by atoms with E-state index < -0.39 is 11.7 Å². The van der Waals surface area contributed by atoms with Gasteiger partial charge in [-0.05, 0) is 18.6 Å². The lowest BCUT2D eigenvalue weighted by molar-refractivity contribution is -0.132. The third kappa shape index (κ3) is 2.64. The third-order valence-corrected chi connectivity index (χ3v) is 2.94. The number of halogens is 1. The summed E-state index contributed by atoms with van der Waals surface area (Å²) in [7, 11) is 1.68. The first kappa shape index (κ1) is 12.5. The number of hydrogen-bond acceptors (Lipinski definition) is 3. The first-order valence-electron chi connectivity index (χ1n) is 5.73. The fourth-order valence-corrected chi connectivity index (χ4v) is 1.94. The Balaban J connectivity index is 2.00. The zero-order valence-corrected chi connectivity index (χ0v) is 10.0. The van der Waals surface area contributed by atoms with E-state index in [0.717, 1.165) is 0 Å². The standard InChI is InChI=1S/C12H14FN3O2/c1-16-7-8(4-5-10(16)17)15-12(18)11-9(13)3-2-6-14-11/h2-3,6,8H,4-5,7H2,1H3,(H,15,18). The molecule has 0 aliphatic carbocycles. The maximum Gasteiger partial charge on any atom is 0.273 e. The van der Waals surface area contributed by atoms with Gasteiger partial charge in [0.25, 0.3) is 5.91 Å². The number of aromatic nitrogens is 1. The monoisotopic (exact) mass is 251 g/mol. The molecule has 0 saturated carbocycles. The Morgan fingerprint density at radius 1 is 1.61 bits per heavy atom. The summed E-state index contributed by atoms with van der Waals surface area (Å²) in [5.41, 5.74) is -0.211. The van der Waals surface area contributed by atoms with E-state index in [1.54, 1.807) is 11.9 Å². The minimum Gasteiger partial charge on any atom is -0.346 e. The third-order valence-electron chi connectivity index (χ3n) is 2.94. The van der Waals surface area contributed by atoms with Crippen LogP contribution in [-0.2, 0) is 4.79 Å². The van der Waals surface area contributed by atoms with Crippen molar-refractivity contribution in [3.05, 3.63) is 29.8 Å². The Kier molecular flexibility index (Phi) is 3.55. The molecule has 0 radical (unpaired) electrons. The summed E-state index contributed by atoms with van der Waals surface area (Å²) >= 11 is 0. The van der Waals surface area contributed by atoms with Gasteiger partial charge in [0.2, 0.25) is 5.91 Å². The summed E-state index contributed by atoms with van der Waals surface area (Å²) in [4.78, 5) is 28.4. The molecule has 5 nitrogen and oxygen atoms in total. The van der Waals surface area contributed by atoms with Crippen LogP contribution in [0.1, 0.15) is 23.3 Å². The van der Waals surface area contributed by atoms with E-state index in [-0.39, 0.29) is 17.6 Å². The molecular formula is C12H14FN3O2. The molecule has 1 aromatic heterocycles. The summed E-state index contributed by atoms with van der Waals surface area (Å²) in [5, 5.41) is 2.69. The van der Waals surface area contributed by atoms with Crippen LogP contribution in [0.25, 0.3) is 0 Å². The average molecular weight is 251 g/mol. The topological polar surface area (TPSA) is 62.3 Å². The Morgan fingerprint density at radius 3 is 3.06 bits per heavy atom. The summed E-state index contributed by atoms with van der Waals surface area (Å²) in [6.45, 7) is 0.443. The Morgan fingerprint density at radius 2 is 2.39 bits per heavy atom. The van der Waals surface area contributed by atoms with Crippen molar-refractivity contribution in [1.82, 2.24) is 15.2 Å². The predicted octanol–water partition coefficient (Wildman–Crippen LogP) is 0.571. The quantitative estimate of drug-likeness (QED) is 0.836. The number of amides is 2. The van der Waals surface area contributed by atoms with E-state index in [2.05, 4.69) is 10.3 Å².